The Bertz CT molecular complexity index is 483. The molecule has 1 aliphatic heterocycles. The number of imidazole rings is 1. The van der Waals surface area contributed by atoms with Crippen molar-refractivity contribution in [1.29, 1.82) is 0 Å². The Hall–Kier alpha value is -1.04. The standard InChI is InChI=1S/C14H19F3N2O/c1-2-12-9(5-6-20-12)13-18-10-4-3-8(14(15,16)17)7-11(10)19-13/h8-9,12H,2-7H2,1H3,(H,18,19). The number of rotatable bonds is 2. The summed E-state index contributed by atoms with van der Waals surface area (Å²) in [5, 5.41) is 0. The average molecular weight is 288 g/mol. The van der Waals surface area contributed by atoms with Crippen LogP contribution in [0.2, 0.25) is 0 Å². The molecule has 3 atom stereocenters. The van der Waals surface area contributed by atoms with E-state index < -0.39 is 12.1 Å². The van der Waals surface area contributed by atoms with Gasteiger partial charge in [0.05, 0.1) is 17.7 Å². The van der Waals surface area contributed by atoms with E-state index in [0.717, 1.165) is 24.4 Å². The first-order valence-electron chi connectivity index (χ1n) is 7.25. The van der Waals surface area contributed by atoms with Gasteiger partial charge in [0.1, 0.15) is 5.82 Å². The Kier molecular flexibility index (Phi) is 3.52. The number of hydrogen-bond donors (Lipinski definition) is 1. The van der Waals surface area contributed by atoms with Crippen LogP contribution in [0.3, 0.4) is 0 Å². The van der Waals surface area contributed by atoms with E-state index in [4.69, 9.17) is 4.74 Å². The molecule has 6 heteroatoms. The number of nitrogens with one attached hydrogen (secondary N) is 1. The normalized spacial score (nSPS) is 30.5. The number of hydrogen-bond acceptors (Lipinski definition) is 2. The topological polar surface area (TPSA) is 37.9 Å². The van der Waals surface area contributed by atoms with Crippen molar-refractivity contribution in [1.82, 2.24) is 9.97 Å². The number of H-pyrrole nitrogens is 1. The highest BCUT2D eigenvalue weighted by Crippen LogP contribution is 2.38. The average Bonchev–Trinajstić information content (AvgIpc) is 3.02. The number of fused-ring (bicyclic) bond motifs is 1. The fourth-order valence-electron chi connectivity index (χ4n) is 3.32. The number of aryl methyl sites for hydroxylation is 1. The van der Waals surface area contributed by atoms with E-state index in [1.807, 2.05) is 0 Å². The van der Waals surface area contributed by atoms with Crippen molar-refractivity contribution in [3.8, 4) is 0 Å². The van der Waals surface area contributed by atoms with Crippen molar-refractivity contribution in [2.24, 2.45) is 5.92 Å². The van der Waals surface area contributed by atoms with Gasteiger partial charge in [0.2, 0.25) is 0 Å². The Morgan fingerprint density at radius 2 is 2.15 bits per heavy atom. The molecule has 3 nitrogen and oxygen atoms in total. The fraction of sp³-hybridized carbons (Fsp3) is 0.786. The van der Waals surface area contributed by atoms with Gasteiger partial charge in [-0.25, -0.2) is 4.98 Å². The van der Waals surface area contributed by atoms with Crippen LogP contribution in [0, 0.1) is 5.92 Å². The molecule has 1 aromatic heterocycles. The third-order valence-corrected chi connectivity index (χ3v) is 4.49. The molecule has 112 valence electrons. The van der Waals surface area contributed by atoms with Crippen molar-refractivity contribution in [2.75, 3.05) is 6.61 Å². The SMILES string of the molecule is CCC1OCCC1c1nc2c([nH]1)CC(C(F)(F)F)CC2. The maximum Gasteiger partial charge on any atom is 0.392 e. The van der Waals surface area contributed by atoms with Crippen LogP contribution in [0.4, 0.5) is 13.2 Å². The molecule has 0 bridgehead atoms. The third-order valence-electron chi connectivity index (χ3n) is 4.49. The summed E-state index contributed by atoms with van der Waals surface area (Å²) in [5.74, 6) is -0.206. The number of nitrogens with zero attached hydrogens (tertiary/aromatic N) is 1. The monoisotopic (exact) mass is 288 g/mol. The minimum absolute atomic E-state index is 0.0379. The van der Waals surface area contributed by atoms with Crippen LogP contribution in [-0.4, -0.2) is 28.9 Å². The summed E-state index contributed by atoms with van der Waals surface area (Å²) in [6.07, 6.45) is -1.56. The largest absolute Gasteiger partial charge is 0.392 e. The maximum atomic E-state index is 12.8. The van der Waals surface area contributed by atoms with Crippen LogP contribution in [0.1, 0.15) is 49.3 Å². The Morgan fingerprint density at radius 3 is 2.85 bits per heavy atom. The van der Waals surface area contributed by atoms with Gasteiger partial charge in [0.15, 0.2) is 0 Å². The van der Waals surface area contributed by atoms with E-state index in [0.29, 0.717) is 18.7 Å². The molecule has 3 rings (SSSR count). The van der Waals surface area contributed by atoms with Crippen LogP contribution in [0.25, 0.3) is 0 Å². The third kappa shape index (κ3) is 2.45. The number of halogens is 3. The molecule has 2 heterocycles. The van der Waals surface area contributed by atoms with Crippen LogP contribution < -0.4 is 0 Å². The van der Waals surface area contributed by atoms with E-state index in [-0.39, 0.29) is 24.9 Å². The van der Waals surface area contributed by atoms with Gasteiger partial charge in [-0.2, -0.15) is 13.2 Å². The van der Waals surface area contributed by atoms with E-state index in [9.17, 15) is 13.2 Å². The lowest BCUT2D eigenvalue weighted by atomic mass is 9.89. The molecule has 0 amide bonds. The minimum Gasteiger partial charge on any atom is -0.377 e. The second kappa shape index (κ2) is 5.06. The molecule has 1 N–H and O–H groups in total. The predicted octanol–water partition coefficient (Wildman–Crippen LogP) is 3.36. The smallest absolute Gasteiger partial charge is 0.377 e. The first-order chi connectivity index (χ1) is 9.49. The van der Waals surface area contributed by atoms with Crippen LogP contribution in [0.5, 0.6) is 0 Å². The van der Waals surface area contributed by atoms with E-state index in [2.05, 4.69) is 16.9 Å². The van der Waals surface area contributed by atoms with E-state index in [1.165, 1.54) is 0 Å². The van der Waals surface area contributed by atoms with Gasteiger partial charge in [-0.15, -0.1) is 0 Å². The highest BCUT2D eigenvalue weighted by molar-refractivity contribution is 5.21. The number of aromatic amines is 1. The molecule has 20 heavy (non-hydrogen) atoms. The fourth-order valence-corrected chi connectivity index (χ4v) is 3.32. The second-order valence-electron chi connectivity index (χ2n) is 5.74. The molecular formula is C14H19F3N2O. The Morgan fingerprint density at radius 1 is 1.35 bits per heavy atom. The zero-order valence-corrected chi connectivity index (χ0v) is 11.5. The lowest BCUT2D eigenvalue weighted by molar-refractivity contribution is -0.177. The Balaban J connectivity index is 1.80. The molecule has 1 saturated heterocycles. The summed E-state index contributed by atoms with van der Waals surface area (Å²) in [6, 6.07) is 0. The lowest BCUT2D eigenvalue weighted by Crippen LogP contribution is -2.28. The van der Waals surface area contributed by atoms with Crippen molar-refractivity contribution in [3.63, 3.8) is 0 Å². The number of alkyl halides is 3. The lowest BCUT2D eigenvalue weighted by Gasteiger charge is -2.23. The van der Waals surface area contributed by atoms with Gasteiger partial charge < -0.3 is 9.72 Å². The molecule has 0 spiro atoms. The van der Waals surface area contributed by atoms with Crippen molar-refractivity contribution in [3.05, 3.63) is 17.2 Å². The van der Waals surface area contributed by atoms with Crippen molar-refractivity contribution in [2.45, 2.75) is 57.2 Å². The van der Waals surface area contributed by atoms with Crippen LogP contribution in [0.15, 0.2) is 0 Å². The summed E-state index contributed by atoms with van der Waals surface area (Å²) in [4.78, 5) is 7.70. The molecule has 1 fully saturated rings. The molecule has 1 aromatic rings. The second-order valence-corrected chi connectivity index (χ2v) is 5.74. The highest BCUT2D eigenvalue weighted by Gasteiger charge is 2.42. The first-order valence-corrected chi connectivity index (χ1v) is 7.25. The molecule has 3 unspecified atom stereocenters. The summed E-state index contributed by atoms with van der Waals surface area (Å²) < 4.78 is 44.1. The molecular weight excluding hydrogens is 269 g/mol. The Labute approximate surface area is 115 Å². The summed E-state index contributed by atoms with van der Waals surface area (Å²) >= 11 is 0. The van der Waals surface area contributed by atoms with E-state index in [1.54, 1.807) is 0 Å². The summed E-state index contributed by atoms with van der Waals surface area (Å²) in [7, 11) is 0. The molecule has 0 aromatic carbocycles. The van der Waals surface area contributed by atoms with Gasteiger partial charge in [-0.05, 0) is 25.7 Å². The zero-order valence-electron chi connectivity index (χ0n) is 11.5. The van der Waals surface area contributed by atoms with Crippen LogP contribution in [-0.2, 0) is 17.6 Å². The zero-order chi connectivity index (χ0) is 14.3. The quantitative estimate of drug-likeness (QED) is 0.906. The van der Waals surface area contributed by atoms with Gasteiger partial charge in [0.25, 0.3) is 0 Å². The van der Waals surface area contributed by atoms with Gasteiger partial charge in [-0.1, -0.05) is 6.92 Å². The van der Waals surface area contributed by atoms with Crippen molar-refractivity contribution < 1.29 is 17.9 Å². The number of ether oxygens (including phenoxy) is 1. The molecule has 0 saturated carbocycles. The van der Waals surface area contributed by atoms with E-state index >= 15 is 0 Å². The molecule has 0 radical (unpaired) electrons. The summed E-state index contributed by atoms with van der Waals surface area (Å²) in [5.41, 5.74) is 1.50. The molecule has 1 aliphatic carbocycles. The maximum absolute atomic E-state index is 12.8. The van der Waals surface area contributed by atoms with Gasteiger partial charge >= 0.3 is 6.18 Å². The van der Waals surface area contributed by atoms with Gasteiger partial charge in [0, 0.05) is 24.6 Å². The minimum atomic E-state index is -4.11. The highest BCUT2D eigenvalue weighted by atomic mass is 19.4. The van der Waals surface area contributed by atoms with Gasteiger partial charge in [-0.3, -0.25) is 0 Å². The first kappa shape index (κ1) is 13.9. The van der Waals surface area contributed by atoms with Crippen molar-refractivity contribution >= 4 is 0 Å². The molecule has 2 aliphatic rings. The summed E-state index contributed by atoms with van der Waals surface area (Å²) in [6.45, 7) is 2.77. The predicted molar refractivity (Wildman–Crippen MR) is 67.5 cm³/mol. The van der Waals surface area contributed by atoms with Crippen LogP contribution >= 0.6 is 0 Å². The number of aromatic nitrogens is 2.